The Morgan fingerprint density at radius 2 is 1.56 bits per heavy atom. The van der Waals surface area contributed by atoms with Gasteiger partial charge < -0.3 is 0 Å². The number of allylic oxidation sites excluding steroid dienone is 5. The van der Waals surface area contributed by atoms with Gasteiger partial charge in [-0.25, -0.2) is 0 Å². The van der Waals surface area contributed by atoms with Crippen LogP contribution < -0.4 is 0 Å². The summed E-state index contributed by atoms with van der Waals surface area (Å²) in [5, 5.41) is 0. The number of unbranched alkanes of at least 4 members (excludes halogenated alkanes) is 2. The Labute approximate surface area is 103 Å². The Bertz CT molecular complexity index is 172. The summed E-state index contributed by atoms with van der Waals surface area (Å²) in [5.41, 5.74) is 1.30. The van der Waals surface area contributed by atoms with Crippen LogP contribution in [0.15, 0.2) is 49.6 Å². The molecule has 94 valence electrons. The molecule has 0 N–H and O–H groups in total. The minimum absolute atomic E-state index is 1.14. The van der Waals surface area contributed by atoms with Gasteiger partial charge in [0.2, 0.25) is 0 Å². The maximum Gasteiger partial charge on any atom is -0.0279 e. The van der Waals surface area contributed by atoms with Gasteiger partial charge in [-0.3, -0.25) is 0 Å². The molecule has 0 fully saturated rings. The fourth-order valence-corrected chi connectivity index (χ4v) is 0.984. The maximum absolute atomic E-state index is 3.74. The van der Waals surface area contributed by atoms with Gasteiger partial charge in [0.1, 0.15) is 0 Å². The van der Waals surface area contributed by atoms with Crippen LogP contribution in [0.3, 0.4) is 0 Å². The van der Waals surface area contributed by atoms with Gasteiger partial charge in [0.25, 0.3) is 0 Å². The zero-order valence-electron chi connectivity index (χ0n) is 11.8. The van der Waals surface area contributed by atoms with Crippen LogP contribution in [0, 0.1) is 0 Å². The van der Waals surface area contributed by atoms with Crippen LogP contribution in [0.5, 0.6) is 0 Å². The zero-order chi connectivity index (χ0) is 13.2. The second-order valence-electron chi connectivity index (χ2n) is 3.05. The molecule has 0 spiro atoms. The lowest BCUT2D eigenvalue weighted by Gasteiger charge is -1.98. The normalized spacial score (nSPS) is 8.88. The van der Waals surface area contributed by atoms with Crippen molar-refractivity contribution < 1.29 is 0 Å². The van der Waals surface area contributed by atoms with Crippen LogP contribution in [-0.2, 0) is 0 Å². The highest BCUT2D eigenvalue weighted by atomic mass is 14.0. The molecule has 0 rings (SSSR count). The average molecular weight is 222 g/mol. The van der Waals surface area contributed by atoms with E-state index in [1.54, 1.807) is 6.08 Å². The van der Waals surface area contributed by atoms with Crippen LogP contribution in [-0.4, -0.2) is 0 Å². The number of hydrogen-bond acceptors (Lipinski definition) is 0. The smallest absolute Gasteiger partial charge is 0.0279 e. The lowest BCUT2D eigenvalue weighted by atomic mass is 10.1. The van der Waals surface area contributed by atoms with E-state index in [2.05, 4.69) is 26.7 Å². The predicted octanol–water partition coefficient (Wildman–Crippen LogP) is 6.08. The van der Waals surface area contributed by atoms with E-state index in [9.17, 15) is 0 Å². The Kier molecular flexibility index (Phi) is 30.1. The third kappa shape index (κ3) is 23.1. The Balaban J connectivity index is -0.000000289. The van der Waals surface area contributed by atoms with Crippen molar-refractivity contribution in [3.8, 4) is 0 Å². The summed E-state index contributed by atoms with van der Waals surface area (Å²) < 4.78 is 0. The van der Waals surface area contributed by atoms with E-state index in [0.717, 1.165) is 6.42 Å². The minimum Gasteiger partial charge on any atom is -0.103 e. The molecule has 0 aliphatic heterocycles. The maximum atomic E-state index is 3.74. The first-order valence-electron chi connectivity index (χ1n) is 6.27. The van der Waals surface area contributed by atoms with Crippen molar-refractivity contribution in [2.24, 2.45) is 0 Å². The van der Waals surface area contributed by atoms with Gasteiger partial charge in [-0.15, -0.1) is 6.58 Å². The largest absolute Gasteiger partial charge is 0.103 e. The lowest BCUT2D eigenvalue weighted by Crippen LogP contribution is -1.78. The second kappa shape index (κ2) is 23.6. The SMILES string of the molecule is C=C/C=C(\C=C)CCCCC.C=CC.CC. The van der Waals surface area contributed by atoms with E-state index in [4.69, 9.17) is 0 Å². The first-order chi connectivity index (χ1) is 7.76. The molecule has 0 bridgehead atoms. The molecule has 0 heteroatoms. The van der Waals surface area contributed by atoms with Crippen LogP contribution in [0.25, 0.3) is 0 Å². The molecule has 0 unspecified atom stereocenters. The fraction of sp³-hybridized carbons (Fsp3) is 0.500. The molecule has 0 aliphatic rings. The molecule has 0 saturated carbocycles. The monoisotopic (exact) mass is 222 g/mol. The van der Waals surface area contributed by atoms with Crippen molar-refractivity contribution in [1.29, 1.82) is 0 Å². The lowest BCUT2D eigenvalue weighted by molar-refractivity contribution is 0.719. The highest BCUT2D eigenvalue weighted by Crippen LogP contribution is 2.09. The van der Waals surface area contributed by atoms with Crippen molar-refractivity contribution in [2.75, 3.05) is 0 Å². The summed E-state index contributed by atoms with van der Waals surface area (Å²) in [7, 11) is 0. The average Bonchev–Trinajstić information content (AvgIpc) is 2.32. The van der Waals surface area contributed by atoms with Crippen molar-refractivity contribution in [2.45, 2.75) is 53.4 Å². The highest BCUT2D eigenvalue weighted by Gasteiger charge is 1.89. The number of rotatable bonds is 6. The Hall–Kier alpha value is -1.04. The minimum atomic E-state index is 1.14. The van der Waals surface area contributed by atoms with Crippen LogP contribution in [0.4, 0.5) is 0 Å². The molecule has 0 aromatic rings. The van der Waals surface area contributed by atoms with Gasteiger partial charge >= 0.3 is 0 Å². The molecule has 0 aromatic carbocycles. The molecular weight excluding hydrogens is 192 g/mol. The van der Waals surface area contributed by atoms with Crippen LogP contribution in [0.2, 0.25) is 0 Å². The summed E-state index contributed by atoms with van der Waals surface area (Å²) in [5.74, 6) is 0. The molecule has 0 aromatic heterocycles. The zero-order valence-corrected chi connectivity index (χ0v) is 11.8. The van der Waals surface area contributed by atoms with E-state index in [1.165, 1.54) is 24.8 Å². The Morgan fingerprint density at radius 3 is 1.88 bits per heavy atom. The highest BCUT2D eigenvalue weighted by molar-refractivity contribution is 5.20. The van der Waals surface area contributed by atoms with E-state index < -0.39 is 0 Å². The van der Waals surface area contributed by atoms with E-state index in [0.29, 0.717) is 0 Å². The van der Waals surface area contributed by atoms with Crippen molar-refractivity contribution in [3.05, 3.63) is 49.6 Å². The fourth-order valence-electron chi connectivity index (χ4n) is 0.984. The van der Waals surface area contributed by atoms with Gasteiger partial charge in [0.15, 0.2) is 0 Å². The van der Waals surface area contributed by atoms with Crippen molar-refractivity contribution >= 4 is 0 Å². The molecule has 0 saturated heterocycles. The predicted molar refractivity (Wildman–Crippen MR) is 79.8 cm³/mol. The van der Waals surface area contributed by atoms with Gasteiger partial charge in [-0.1, -0.05) is 71.1 Å². The summed E-state index contributed by atoms with van der Waals surface area (Å²) >= 11 is 0. The van der Waals surface area contributed by atoms with Gasteiger partial charge in [0.05, 0.1) is 0 Å². The van der Waals surface area contributed by atoms with Gasteiger partial charge in [0, 0.05) is 0 Å². The topological polar surface area (TPSA) is 0 Å². The second-order valence-corrected chi connectivity index (χ2v) is 3.05. The van der Waals surface area contributed by atoms with Gasteiger partial charge in [-0.05, 0) is 25.3 Å². The molecule has 0 heterocycles. The summed E-state index contributed by atoms with van der Waals surface area (Å²) in [6.07, 6.45) is 12.5. The molecule has 0 aliphatic carbocycles. The first kappa shape index (κ1) is 20.4. The molecule has 16 heavy (non-hydrogen) atoms. The quantitative estimate of drug-likeness (QED) is 0.290. The van der Waals surface area contributed by atoms with Crippen LogP contribution >= 0.6 is 0 Å². The molecule has 0 nitrogen and oxygen atoms in total. The molecule has 0 atom stereocenters. The first-order valence-corrected chi connectivity index (χ1v) is 6.27. The van der Waals surface area contributed by atoms with E-state index in [-0.39, 0.29) is 0 Å². The summed E-state index contributed by atoms with van der Waals surface area (Å²) in [6, 6.07) is 0. The summed E-state index contributed by atoms with van der Waals surface area (Å²) in [4.78, 5) is 0. The van der Waals surface area contributed by atoms with Crippen LogP contribution in [0.1, 0.15) is 53.4 Å². The molecule has 0 amide bonds. The van der Waals surface area contributed by atoms with E-state index >= 15 is 0 Å². The molecule has 0 radical (unpaired) electrons. The van der Waals surface area contributed by atoms with Crippen molar-refractivity contribution in [3.63, 3.8) is 0 Å². The van der Waals surface area contributed by atoms with Crippen molar-refractivity contribution in [1.82, 2.24) is 0 Å². The standard InChI is InChI=1S/C11H18.C3H6.C2H6/c1-4-7-8-10-11(6-3)9-5-2;1-3-2;1-2/h5-6,9H,2-4,7-8,10H2,1H3;3H,1H2,2H3;1-2H3/b11-9+;;. The van der Waals surface area contributed by atoms with Gasteiger partial charge in [-0.2, -0.15) is 0 Å². The summed E-state index contributed by atoms with van der Waals surface area (Å²) in [6.45, 7) is 18.9. The molecular formula is C16H30. The number of hydrogen-bond donors (Lipinski definition) is 0. The Morgan fingerprint density at radius 1 is 1.06 bits per heavy atom. The third-order valence-corrected chi connectivity index (χ3v) is 1.66. The van der Waals surface area contributed by atoms with E-state index in [1.807, 2.05) is 39.0 Å². The third-order valence-electron chi connectivity index (χ3n) is 1.66.